The van der Waals surface area contributed by atoms with Gasteiger partial charge < -0.3 is 9.47 Å². The second-order valence-corrected chi connectivity index (χ2v) is 6.01. The molecule has 0 aliphatic carbocycles. The van der Waals surface area contributed by atoms with Crippen molar-refractivity contribution in [3.63, 3.8) is 0 Å². The molecule has 3 nitrogen and oxygen atoms in total. The number of hydrogen-bond acceptors (Lipinski definition) is 3. The molecule has 22 heavy (non-hydrogen) atoms. The van der Waals surface area contributed by atoms with Crippen molar-refractivity contribution >= 4 is 0 Å². The van der Waals surface area contributed by atoms with Crippen LogP contribution in [0.2, 0.25) is 0 Å². The van der Waals surface area contributed by atoms with Crippen molar-refractivity contribution in [1.82, 2.24) is 4.90 Å². The first-order chi connectivity index (χ1) is 10.8. The first-order valence-corrected chi connectivity index (χ1v) is 8.00. The summed E-state index contributed by atoms with van der Waals surface area (Å²) in [6.07, 6.45) is 2.07. The summed E-state index contributed by atoms with van der Waals surface area (Å²) in [5.41, 5.74) is 4.01. The summed E-state index contributed by atoms with van der Waals surface area (Å²) in [5, 5.41) is 0. The molecule has 3 heteroatoms. The Bertz CT molecular complexity index is 711. The van der Waals surface area contributed by atoms with Gasteiger partial charge in [0, 0.05) is 24.2 Å². The zero-order valence-electron chi connectivity index (χ0n) is 13.1. The summed E-state index contributed by atoms with van der Waals surface area (Å²) in [7, 11) is 1.72. The fourth-order valence-corrected chi connectivity index (χ4v) is 3.75. The highest BCUT2D eigenvalue weighted by atomic mass is 16.5. The van der Waals surface area contributed by atoms with Crippen LogP contribution in [0.5, 0.6) is 17.2 Å². The van der Waals surface area contributed by atoms with Gasteiger partial charge in [-0.1, -0.05) is 25.1 Å². The molecule has 0 bridgehead atoms. The number of para-hydroxylation sites is 1. The molecule has 0 radical (unpaired) electrons. The van der Waals surface area contributed by atoms with Crippen LogP contribution in [0, 0.1) is 0 Å². The summed E-state index contributed by atoms with van der Waals surface area (Å²) in [5.74, 6) is 2.82. The molecule has 114 valence electrons. The SMILES string of the molecule is CCN1CCc2cc(OC)cc3c2C1Cc1ccccc1O3. The lowest BCUT2D eigenvalue weighted by molar-refractivity contribution is 0.193. The van der Waals surface area contributed by atoms with Gasteiger partial charge in [0.25, 0.3) is 0 Å². The first kappa shape index (κ1) is 13.6. The minimum absolute atomic E-state index is 0.401. The number of fused-ring (bicyclic) bond motifs is 1. The number of rotatable bonds is 2. The molecule has 4 rings (SSSR count). The summed E-state index contributed by atoms with van der Waals surface area (Å²) >= 11 is 0. The fraction of sp³-hybridized carbons (Fsp3) is 0.368. The Labute approximate surface area is 131 Å². The molecule has 0 aromatic heterocycles. The van der Waals surface area contributed by atoms with Crippen LogP contribution >= 0.6 is 0 Å². The molecule has 2 aliphatic heterocycles. The Balaban J connectivity index is 1.92. The Morgan fingerprint density at radius 1 is 1.18 bits per heavy atom. The van der Waals surface area contributed by atoms with Crippen LogP contribution in [0.1, 0.15) is 29.7 Å². The smallest absolute Gasteiger partial charge is 0.136 e. The van der Waals surface area contributed by atoms with Gasteiger partial charge >= 0.3 is 0 Å². The first-order valence-electron chi connectivity index (χ1n) is 8.00. The highest BCUT2D eigenvalue weighted by molar-refractivity contribution is 5.54. The van der Waals surface area contributed by atoms with Crippen molar-refractivity contribution in [3.8, 4) is 17.2 Å². The second-order valence-electron chi connectivity index (χ2n) is 6.01. The second kappa shape index (κ2) is 5.33. The van der Waals surface area contributed by atoms with Gasteiger partial charge in [-0.2, -0.15) is 0 Å². The van der Waals surface area contributed by atoms with Gasteiger partial charge in [-0.25, -0.2) is 0 Å². The molecule has 0 amide bonds. The van der Waals surface area contributed by atoms with Crippen LogP contribution in [-0.4, -0.2) is 25.1 Å². The van der Waals surface area contributed by atoms with Crippen LogP contribution in [-0.2, 0) is 12.8 Å². The number of benzene rings is 2. The van der Waals surface area contributed by atoms with E-state index in [-0.39, 0.29) is 0 Å². The number of nitrogens with zero attached hydrogens (tertiary/aromatic N) is 1. The van der Waals surface area contributed by atoms with Gasteiger partial charge in [-0.3, -0.25) is 4.90 Å². The average Bonchev–Trinajstić information content (AvgIpc) is 2.72. The van der Waals surface area contributed by atoms with Crippen LogP contribution in [0.15, 0.2) is 36.4 Å². The highest BCUT2D eigenvalue weighted by Crippen LogP contribution is 2.46. The van der Waals surface area contributed by atoms with Crippen molar-refractivity contribution in [2.24, 2.45) is 0 Å². The Hall–Kier alpha value is -2.00. The van der Waals surface area contributed by atoms with Crippen molar-refractivity contribution in [2.45, 2.75) is 25.8 Å². The summed E-state index contributed by atoms with van der Waals surface area (Å²) < 4.78 is 11.7. The van der Waals surface area contributed by atoms with E-state index in [0.29, 0.717) is 6.04 Å². The normalized spacial score (nSPS) is 19.6. The van der Waals surface area contributed by atoms with Gasteiger partial charge in [0.1, 0.15) is 17.2 Å². The van der Waals surface area contributed by atoms with Gasteiger partial charge in [-0.05, 0) is 42.6 Å². The van der Waals surface area contributed by atoms with Gasteiger partial charge in [0.2, 0.25) is 0 Å². The monoisotopic (exact) mass is 295 g/mol. The maximum absolute atomic E-state index is 6.28. The van der Waals surface area contributed by atoms with E-state index >= 15 is 0 Å². The molecule has 0 N–H and O–H groups in total. The number of methoxy groups -OCH3 is 1. The molecule has 2 aromatic carbocycles. The van der Waals surface area contributed by atoms with Crippen molar-refractivity contribution in [2.75, 3.05) is 20.2 Å². The zero-order valence-corrected chi connectivity index (χ0v) is 13.1. The Kier molecular flexibility index (Phi) is 3.30. The van der Waals surface area contributed by atoms with E-state index in [9.17, 15) is 0 Å². The van der Waals surface area contributed by atoms with Crippen molar-refractivity contribution in [3.05, 3.63) is 53.1 Å². The van der Waals surface area contributed by atoms with Crippen LogP contribution in [0.4, 0.5) is 0 Å². The van der Waals surface area contributed by atoms with Gasteiger partial charge in [0.05, 0.1) is 7.11 Å². The third-order valence-electron chi connectivity index (χ3n) is 4.89. The molecular weight excluding hydrogens is 274 g/mol. The topological polar surface area (TPSA) is 21.7 Å². The van der Waals surface area contributed by atoms with Crippen LogP contribution in [0.3, 0.4) is 0 Å². The predicted molar refractivity (Wildman–Crippen MR) is 86.9 cm³/mol. The number of ether oxygens (including phenoxy) is 2. The summed E-state index contributed by atoms with van der Waals surface area (Å²) in [6, 6.07) is 13.0. The lowest BCUT2D eigenvalue weighted by atomic mass is 9.88. The third kappa shape index (κ3) is 2.08. The Morgan fingerprint density at radius 2 is 2.05 bits per heavy atom. The Morgan fingerprint density at radius 3 is 2.86 bits per heavy atom. The van der Waals surface area contributed by atoms with Gasteiger partial charge in [-0.15, -0.1) is 0 Å². The minimum atomic E-state index is 0.401. The van der Waals surface area contributed by atoms with E-state index in [2.05, 4.69) is 36.1 Å². The molecule has 1 unspecified atom stereocenters. The molecule has 2 aromatic rings. The molecular formula is C19H21NO2. The average molecular weight is 295 g/mol. The lowest BCUT2D eigenvalue weighted by Crippen LogP contribution is -2.36. The molecule has 2 heterocycles. The van der Waals surface area contributed by atoms with Crippen molar-refractivity contribution < 1.29 is 9.47 Å². The standard InChI is InChI=1S/C19H21NO2/c1-3-20-9-8-14-10-15(21-2)12-18-19(14)16(20)11-13-6-4-5-7-17(13)22-18/h4-7,10,12,16H,3,8-9,11H2,1-2H3. The quantitative estimate of drug-likeness (QED) is 0.837. The molecule has 0 saturated heterocycles. The van der Waals surface area contributed by atoms with Crippen LogP contribution < -0.4 is 9.47 Å². The lowest BCUT2D eigenvalue weighted by Gasteiger charge is -2.36. The number of likely N-dealkylation sites (N-methyl/N-ethyl adjacent to an activating group) is 1. The maximum Gasteiger partial charge on any atom is 0.136 e. The molecule has 0 spiro atoms. The largest absolute Gasteiger partial charge is 0.497 e. The predicted octanol–water partition coefficient (Wildman–Crippen LogP) is 3.96. The van der Waals surface area contributed by atoms with Gasteiger partial charge in [0.15, 0.2) is 0 Å². The van der Waals surface area contributed by atoms with Crippen LogP contribution in [0.25, 0.3) is 0 Å². The van der Waals surface area contributed by atoms with E-state index in [0.717, 1.165) is 43.2 Å². The van der Waals surface area contributed by atoms with E-state index in [4.69, 9.17) is 9.47 Å². The molecule has 2 aliphatic rings. The van der Waals surface area contributed by atoms with E-state index in [1.807, 2.05) is 12.1 Å². The molecule has 0 fully saturated rings. The van der Waals surface area contributed by atoms with E-state index in [1.54, 1.807) is 7.11 Å². The molecule has 1 atom stereocenters. The maximum atomic E-state index is 6.28. The summed E-state index contributed by atoms with van der Waals surface area (Å²) in [4.78, 5) is 2.56. The fourth-order valence-electron chi connectivity index (χ4n) is 3.75. The van der Waals surface area contributed by atoms with Crippen molar-refractivity contribution in [1.29, 1.82) is 0 Å². The number of hydrogen-bond donors (Lipinski definition) is 0. The minimum Gasteiger partial charge on any atom is -0.497 e. The molecule has 0 saturated carbocycles. The van der Waals surface area contributed by atoms with E-state index < -0.39 is 0 Å². The summed E-state index contributed by atoms with van der Waals surface area (Å²) in [6.45, 7) is 4.41. The van der Waals surface area contributed by atoms with E-state index in [1.165, 1.54) is 16.7 Å². The zero-order chi connectivity index (χ0) is 15.1. The third-order valence-corrected chi connectivity index (χ3v) is 4.89. The highest BCUT2D eigenvalue weighted by Gasteiger charge is 2.33.